The van der Waals surface area contributed by atoms with Crippen molar-refractivity contribution in [3.8, 4) is 0 Å². The minimum atomic E-state index is -1.17. The Labute approximate surface area is 145 Å². The van der Waals surface area contributed by atoms with Crippen LogP contribution >= 0.6 is 0 Å². The van der Waals surface area contributed by atoms with Crippen molar-refractivity contribution in [2.45, 2.75) is 18.9 Å². The minimum Gasteiger partial charge on any atom is -0.384 e. The van der Waals surface area contributed by atoms with Gasteiger partial charge in [-0.1, -0.05) is 48.5 Å². The van der Waals surface area contributed by atoms with E-state index in [2.05, 4.69) is 10.3 Å². The Morgan fingerprint density at radius 3 is 2.56 bits per heavy atom. The highest BCUT2D eigenvalue weighted by molar-refractivity contribution is 5.82. The van der Waals surface area contributed by atoms with E-state index in [1.165, 1.54) is 0 Å². The summed E-state index contributed by atoms with van der Waals surface area (Å²) in [6, 6.07) is 18.3. The quantitative estimate of drug-likeness (QED) is 0.667. The average Bonchev–Trinajstić information content (AvgIpc) is 2.61. The summed E-state index contributed by atoms with van der Waals surface area (Å²) in [4.78, 5) is 27.1. The molecule has 3 N–H and O–H groups in total. The van der Waals surface area contributed by atoms with Gasteiger partial charge in [0.2, 0.25) is 5.91 Å². The molecular formula is C20H20N2O3. The van der Waals surface area contributed by atoms with Gasteiger partial charge in [0, 0.05) is 11.1 Å². The number of carbonyl (C=O) groups is 1. The zero-order chi connectivity index (χ0) is 17.9. The van der Waals surface area contributed by atoms with Gasteiger partial charge in [-0.3, -0.25) is 9.59 Å². The lowest BCUT2D eigenvalue weighted by atomic mass is 9.96. The molecule has 0 radical (unpaired) electrons. The Hall–Kier alpha value is -2.92. The molecule has 0 aliphatic heterocycles. The number of para-hydroxylation sites is 1. The van der Waals surface area contributed by atoms with E-state index in [0.717, 1.165) is 16.5 Å². The van der Waals surface area contributed by atoms with Gasteiger partial charge in [-0.2, -0.15) is 0 Å². The molecule has 1 aromatic heterocycles. The molecule has 0 saturated heterocycles. The van der Waals surface area contributed by atoms with Crippen LogP contribution in [0.25, 0.3) is 10.9 Å². The fraction of sp³-hybridized carbons (Fsp3) is 0.200. The molecule has 0 saturated carbocycles. The van der Waals surface area contributed by atoms with Crippen molar-refractivity contribution in [3.05, 3.63) is 82.1 Å². The molecule has 5 heteroatoms. The van der Waals surface area contributed by atoms with Crippen LogP contribution in [0, 0.1) is 0 Å². The third kappa shape index (κ3) is 3.95. The minimum absolute atomic E-state index is 0.0367. The zero-order valence-corrected chi connectivity index (χ0v) is 14.0. The van der Waals surface area contributed by atoms with E-state index in [1.54, 1.807) is 25.1 Å². The number of rotatable bonds is 5. The number of aliphatic hydroxyl groups is 1. The standard InChI is InChI=1S/C20H20N2O3/c1-20(25,16-8-3-2-4-9-16)13-21-18(23)12-15-11-14-7-5-6-10-17(14)22-19(15)24/h2-11,25H,12-13H2,1H3,(H,21,23)(H,22,24). The van der Waals surface area contributed by atoms with Crippen LogP contribution in [0.15, 0.2) is 65.5 Å². The molecule has 1 amide bonds. The molecule has 3 rings (SSSR count). The maximum atomic E-state index is 12.2. The van der Waals surface area contributed by atoms with E-state index in [9.17, 15) is 14.7 Å². The topological polar surface area (TPSA) is 82.2 Å². The van der Waals surface area contributed by atoms with Crippen LogP contribution in [0.3, 0.4) is 0 Å². The van der Waals surface area contributed by atoms with Crippen LogP contribution in [0.1, 0.15) is 18.1 Å². The Morgan fingerprint density at radius 1 is 1.12 bits per heavy atom. The van der Waals surface area contributed by atoms with E-state index in [4.69, 9.17) is 0 Å². The summed E-state index contributed by atoms with van der Waals surface area (Å²) in [6.07, 6.45) is -0.0367. The van der Waals surface area contributed by atoms with E-state index >= 15 is 0 Å². The predicted molar refractivity (Wildman–Crippen MR) is 97.3 cm³/mol. The lowest BCUT2D eigenvalue weighted by Gasteiger charge is -2.24. The normalized spacial score (nSPS) is 13.4. The largest absolute Gasteiger partial charge is 0.384 e. The maximum absolute atomic E-state index is 12.2. The highest BCUT2D eigenvalue weighted by Crippen LogP contribution is 2.19. The Bertz CT molecular complexity index is 946. The molecule has 25 heavy (non-hydrogen) atoms. The van der Waals surface area contributed by atoms with Crippen molar-refractivity contribution in [1.29, 1.82) is 0 Å². The first kappa shape index (κ1) is 16.9. The van der Waals surface area contributed by atoms with E-state index in [1.807, 2.05) is 42.5 Å². The van der Waals surface area contributed by atoms with E-state index in [-0.39, 0.29) is 24.4 Å². The van der Waals surface area contributed by atoms with Gasteiger partial charge in [0.15, 0.2) is 0 Å². The van der Waals surface area contributed by atoms with Gasteiger partial charge >= 0.3 is 0 Å². The SMILES string of the molecule is CC(O)(CNC(=O)Cc1cc2ccccc2[nH]c1=O)c1ccccc1. The molecule has 0 aliphatic carbocycles. The lowest BCUT2D eigenvalue weighted by molar-refractivity contribution is -0.121. The fourth-order valence-electron chi connectivity index (χ4n) is 2.73. The molecule has 0 aliphatic rings. The summed E-state index contributed by atoms with van der Waals surface area (Å²) in [6.45, 7) is 1.72. The molecule has 128 valence electrons. The van der Waals surface area contributed by atoms with Gasteiger partial charge in [-0.15, -0.1) is 0 Å². The number of nitrogens with one attached hydrogen (secondary N) is 2. The number of benzene rings is 2. The van der Waals surface area contributed by atoms with Gasteiger partial charge < -0.3 is 15.4 Å². The van der Waals surface area contributed by atoms with Gasteiger partial charge in [-0.05, 0) is 30.0 Å². The molecule has 1 atom stereocenters. The van der Waals surface area contributed by atoms with Gasteiger partial charge in [0.05, 0.1) is 13.0 Å². The van der Waals surface area contributed by atoms with Crippen LogP contribution in [0.5, 0.6) is 0 Å². The lowest BCUT2D eigenvalue weighted by Crippen LogP contribution is -2.39. The van der Waals surface area contributed by atoms with Crippen molar-refractivity contribution < 1.29 is 9.90 Å². The number of hydrogen-bond donors (Lipinski definition) is 3. The third-order valence-corrected chi connectivity index (χ3v) is 4.21. The highest BCUT2D eigenvalue weighted by Gasteiger charge is 2.23. The van der Waals surface area contributed by atoms with Gasteiger partial charge in [-0.25, -0.2) is 0 Å². The van der Waals surface area contributed by atoms with Gasteiger partial charge in [0.25, 0.3) is 5.56 Å². The van der Waals surface area contributed by atoms with Crippen LogP contribution < -0.4 is 10.9 Å². The van der Waals surface area contributed by atoms with E-state index in [0.29, 0.717) is 5.56 Å². The summed E-state index contributed by atoms with van der Waals surface area (Å²) >= 11 is 0. The van der Waals surface area contributed by atoms with Crippen molar-refractivity contribution in [2.24, 2.45) is 0 Å². The van der Waals surface area contributed by atoms with Crippen LogP contribution in [0.2, 0.25) is 0 Å². The summed E-state index contributed by atoms with van der Waals surface area (Å²) < 4.78 is 0. The first-order chi connectivity index (χ1) is 12.0. The van der Waals surface area contributed by atoms with Crippen LogP contribution in [-0.2, 0) is 16.8 Å². The van der Waals surface area contributed by atoms with Gasteiger partial charge in [0.1, 0.15) is 5.60 Å². The number of aromatic nitrogens is 1. The zero-order valence-electron chi connectivity index (χ0n) is 14.0. The van der Waals surface area contributed by atoms with Crippen LogP contribution in [-0.4, -0.2) is 22.5 Å². The van der Waals surface area contributed by atoms with Crippen molar-refractivity contribution in [1.82, 2.24) is 10.3 Å². The summed E-state index contributed by atoms with van der Waals surface area (Å²) in [5.74, 6) is -0.308. The van der Waals surface area contributed by atoms with Crippen molar-refractivity contribution in [2.75, 3.05) is 6.54 Å². The first-order valence-corrected chi connectivity index (χ1v) is 8.11. The number of fused-ring (bicyclic) bond motifs is 1. The molecule has 5 nitrogen and oxygen atoms in total. The number of amides is 1. The average molecular weight is 336 g/mol. The first-order valence-electron chi connectivity index (χ1n) is 8.11. The number of pyridine rings is 1. The molecule has 1 unspecified atom stereocenters. The van der Waals surface area contributed by atoms with E-state index < -0.39 is 5.60 Å². The smallest absolute Gasteiger partial charge is 0.252 e. The molecule has 1 heterocycles. The number of carbonyl (C=O) groups excluding carboxylic acids is 1. The number of H-pyrrole nitrogens is 1. The van der Waals surface area contributed by atoms with Crippen LogP contribution in [0.4, 0.5) is 0 Å². The Balaban J connectivity index is 1.69. The van der Waals surface area contributed by atoms with Crippen molar-refractivity contribution >= 4 is 16.8 Å². The predicted octanol–water partition coefficient (Wildman–Crippen LogP) is 2.09. The second-order valence-corrected chi connectivity index (χ2v) is 6.30. The summed E-state index contributed by atoms with van der Waals surface area (Å²) in [5, 5.41) is 14.1. The molecule has 3 aromatic rings. The monoisotopic (exact) mass is 336 g/mol. The fourth-order valence-corrected chi connectivity index (χ4v) is 2.73. The maximum Gasteiger partial charge on any atom is 0.252 e. The number of aromatic amines is 1. The summed E-state index contributed by atoms with van der Waals surface area (Å²) in [7, 11) is 0. The number of hydrogen-bond acceptors (Lipinski definition) is 3. The second-order valence-electron chi connectivity index (χ2n) is 6.30. The molecule has 2 aromatic carbocycles. The molecule has 0 fully saturated rings. The van der Waals surface area contributed by atoms with Crippen molar-refractivity contribution in [3.63, 3.8) is 0 Å². The molecule has 0 bridgehead atoms. The molecular weight excluding hydrogens is 316 g/mol. The Kier molecular flexibility index (Phi) is 4.67. The second kappa shape index (κ2) is 6.91. The Morgan fingerprint density at radius 2 is 1.80 bits per heavy atom. The molecule has 0 spiro atoms. The highest BCUT2D eigenvalue weighted by atomic mass is 16.3. The summed E-state index contributed by atoms with van der Waals surface area (Å²) in [5.41, 5.74) is 0.411. The third-order valence-electron chi connectivity index (χ3n) is 4.21.